The molecule has 23 heavy (non-hydrogen) atoms. The molecule has 3 heterocycles. The van der Waals surface area contributed by atoms with E-state index in [1.54, 1.807) is 0 Å². The number of hydrogen-bond acceptors (Lipinski definition) is 6. The van der Waals surface area contributed by atoms with Crippen molar-refractivity contribution in [2.75, 3.05) is 50.9 Å². The molecule has 1 aromatic heterocycles. The van der Waals surface area contributed by atoms with Gasteiger partial charge in [0.1, 0.15) is 0 Å². The van der Waals surface area contributed by atoms with Crippen LogP contribution in [0.15, 0.2) is 6.07 Å². The molecule has 0 aliphatic carbocycles. The highest BCUT2D eigenvalue weighted by atomic mass is 16.5. The lowest BCUT2D eigenvalue weighted by Crippen LogP contribution is -2.51. The lowest BCUT2D eigenvalue weighted by atomic mass is 10.1. The number of hydrogen-bond donors (Lipinski definition) is 0. The quantitative estimate of drug-likeness (QED) is 0.820. The van der Waals surface area contributed by atoms with Gasteiger partial charge in [-0.05, 0) is 20.3 Å². The van der Waals surface area contributed by atoms with Crippen LogP contribution in [0.5, 0.6) is 5.88 Å². The molecule has 1 aromatic rings. The average Bonchev–Trinajstić information content (AvgIpc) is 3.08. The first-order valence-electron chi connectivity index (χ1n) is 8.27. The van der Waals surface area contributed by atoms with Gasteiger partial charge in [0.15, 0.2) is 0 Å². The molecule has 0 spiro atoms. The van der Waals surface area contributed by atoms with Crippen LogP contribution in [0.3, 0.4) is 0 Å². The maximum Gasteiger partial charge on any atom is 0.228 e. The Morgan fingerprint density at radius 3 is 2.78 bits per heavy atom. The molecule has 0 radical (unpaired) electrons. The van der Waals surface area contributed by atoms with Crippen LogP contribution in [-0.2, 0) is 9.53 Å². The van der Waals surface area contributed by atoms with Crippen molar-refractivity contribution in [3.05, 3.63) is 11.8 Å². The fraction of sp³-hybridized carbons (Fsp3) is 0.688. The number of ether oxygens (including phenoxy) is 2. The molecule has 7 nitrogen and oxygen atoms in total. The maximum atomic E-state index is 12.4. The first-order valence-corrected chi connectivity index (χ1v) is 8.27. The second kappa shape index (κ2) is 7.12. The first-order chi connectivity index (χ1) is 11.2. The number of aryl methyl sites for hydroxylation is 1. The maximum absolute atomic E-state index is 12.4. The predicted octanol–water partition coefficient (Wildman–Crippen LogP) is 0.869. The molecule has 2 aliphatic rings. The minimum atomic E-state index is 0.0429. The Kier molecular flexibility index (Phi) is 4.95. The van der Waals surface area contributed by atoms with E-state index < -0.39 is 0 Å². The van der Waals surface area contributed by atoms with Crippen molar-refractivity contribution in [1.29, 1.82) is 0 Å². The number of amides is 1. The number of carbonyl (C=O) groups is 1. The van der Waals surface area contributed by atoms with Crippen LogP contribution >= 0.6 is 0 Å². The largest absolute Gasteiger partial charge is 0.478 e. The van der Waals surface area contributed by atoms with Crippen molar-refractivity contribution in [1.82, 2.24) is 14.9 Å². The molecule has 3 rings (SSSR count). The van der Waals surface area contributed by atoms with E-state index in [1.807, 2.05) is 24.8 Å². The monoisotopic (exact) mass is 320 g/mol. The summed E-state index contributed by atoms with van der Waals surface area (Å²) in [6.45, 7) is 8.63. The van der Waals surface area contributed by atoms with E-state index >= 15 is 0 Å². The Morgan fingerprint density at radius 2 is 2.13 bits per heavy atom. The summed E-state index contributed by atoms with van der Waals surface area (Å²) in [4.78, 5) is 25.4. The van der Waals surface area contributed by atoms with Crippen LogP contribution in [0.2, 0.25) is 0 Å². The molecule has 2 aliphatic heterocycles. The Balaban J connectivity index is 1.61. The predicted molar refractivity (Wildman–Crippen MR) is 85.7 cm³/mol. The van der Waals surface area contributed by atoms with Gasteiger partial charge in [-0.1, -0.05) is 0 Å². The number of nitrogens with zero attached hydrogens (tertiary/aromatic N) is 4. The second-order valence-corrected chi connectivity index (χ2v) is 5.95. The summed E-state index contributed by atoms with van der Waals surface area (Å²) < 4.78 is 10.8. The molecule has 7 heteroatoms. The van der Waals surface area contributed by atoms with Gasteiger partial charge in [-0.2, -0.15) is 4.98 Å². The zero-order valence-electron chi connectivity index (χ0n) is 13.8. The molecule has 2 saturated heterocycles. The fourth-order valence-corrected chi connectivity index (χ4v) is 3.00. The van der Waals surface area contributed by atoms with E-state index in [-0.39, 0.29) is 11.8 Å². The molecule has 0 aromatic carbocycles. The molecular weight excluding hydrogens is 296 g/mol. The van der Waals surface area contributed by atoms with Gasteiger partial charge in [0.25, 0.3) is 0 Å². The van der Waals surface area contributed by atoms with E-state index in [1.165, 1.54) is 0 Å². The van der Waals surface area contributed by atoms with E-state index in [0.29, 0.717) is 44.7 Å². The molecular formula is C16H24N4O3. The standard InChI is InChI=1S/C16H24N4O3/c1-3-23-14-10-12(2)17-16(18-14)20-7-5-19(6-8-20)15(21)13-4-9-22-11-13/h10,13H,3-9,11H2,1-2H3/t13-/m0/s1. The van der Waals surface area contributed by atoms with Crippen LogP contribution < -0.4 is 9.64 Å². The number of aromatic nitrogens is 2. The Labute approximate surface area is 136 Å². The summed E-state index contributed by atoms with van der Waals surface area (Å²) in [7, 11) is 0. The summed E-state index contributed by atoms with van der Waals surface area (Å²) in [5, 5.41) is 0. The fourth-order valence-electron chi connectivity index (χ4n) is 3.00. The molecule has 1 atom stereocenters. The van der Waals surface area contributed by atoms with E-state index in [4.69, 9.17) is 9.47 Å². The summed E-state index contributed by atoms with van der Waals surface area (Å²) in [6.07, 6.45) is 0.845. The van der Waals surface area contributed by atoms with Crippen LogP contribution in [0.1, 0.15) is 19.0 Å². The highest BCUT2D eigenvalue weighted by Crippen LogP contribution is 2.20. The van der Waals surface area contributed by atoms with Crippen LogP contribution in [0, 0.1) is 12.8 Å². The van der Waals surface area contributed by atoms with Crippen LogP contribution in [-0.4, -0.2) is 66.8 Å². The van der Waals surface area contributed by atoms with Gasteiger partial charge >= 0.3 is 0 Å². The highest BCUT2D eigenvalue weighted by Gasteiger charge is 2.30. The average molecular weight is 320 g/mol. The number of anilines is 1. The third-order valence-corrected chi connectivity index (χ3v) is 4.26. The van der Waals surface area contributed by atoms with E-state index in [2.05, 4.69) is 14.9 Å². The minimum absolute atomic E-state index is 0.0429. The van der Waals surface area contributed by atoms with Gasteiger partial charge in [0.05, 0.1) is 19.1 Å². The van der Waals surface area contributed by atoms with Gasteiger partial charge in [-0.25, -0.2) is 4.98 Å². The van der Waals surface area contributed by atoms with Gasteiger partial charge in [-0.3, -0.25) is 4.79 Å². The molecule has 126 valence electrons. The van der Waals surface area contributed by atoms with Gasteiger partial charge in [0, 0.05) is 44.5 Å². The molecule has 0 N–H and O–H groups in total. The molecule has 0 bridgehead atoms. The van der Waals surface area contributed by atoms with Crippen molar-refractivity contribution in [3.63, 3.8) is 0 Å². The van der Waals surface area contributed by atoms with Gasteiger partial charge < -0.3 is 19.3 Å². The van der Waals surface area contributed by atoms with Crippen molar-refractivity contribution < 1.29 is 14.3 Å². The topological polar surface area (TPSA) is 67.8 Å². The van der Waals surface area contributed by atoms with Crippen LogP contribution in [0.25, 0.3) is 0 Å². The smallest absolute Gasteiger partial charge is 0.228 e. The Morgan fingerprint density at radius 1 is 1.35 bits per heavy atom. The lowest BCUT2D eigenvalue weighted by molar-refractivity contribution is -0.135. The molecule has 0 saturated carbocycles. The molecule has 2 fully saturated rings. The summed E-state index contributed by atoms with van der Waals surface area (Å²) >= 11 is 0. The number of rotatable bonds is 4. The zero-order chi connectivity index (χ0) is 16.2. The zero-order valence-corrected chi connectivity index (χ0v) is 13.8. The minimum Gasteiger partial charge on any atom is -0.478 e. The molecule has 0 unspecified atom stereocenters. The summed E-state index contributed by atoms with van der Waals surface area (Å²) in [5.41, 5.74) is 0.889. The first kappa shape index (κ1) is 16.0. The number of piperazine rings is 1. The third-order valence-electron chi connectivity index (χ3n) is 4.26. The summed E-state index contributed by atoms with van der Waals surface area (Å²) in [6, 6.07) is 1.84. The van der Waals surface area contributed by atoms with Gasteiger partial charge in [-0.15, -0.1) is 0 Å². The second-order valence-electron chi connectivity index (χ2n) is 5.95. The van der Waals surface area contributed by atoms with Crippen molar-refractivity contribution in [2.24, 2.45) is 5.92 Å². The SMILES string of the molecule is CCOc1cc(C)nc(N2CCN(C(=O)[C@H]3CCOC3)CC2)n1. The number of carbonyl (C=O) groups excluding carboxylic acids is 1. The van der Waals surface area contributed by atoms with E-state index in [0.717, 1.165) is 25.2 Å². The highest BCUT2D eigenvalue weighted by molar-refractivity contribution is 5.79. The Bertz CT molecular complexity index is 552. The normalized spacial score (nSPS) is 21.6. The van der Waals surface area contributed by atoms with Crippen molar-refractivity contribution in [2.45, 2.75) is 20.3 Å². The molecule has 1 amide bonds. The van der Waals surface area contributed by atoms with Gasteiger partial charge in [0.2, 0.25) is 17.7 Å². The third kappa shape index (κ3) is 3.72. The Hall–Kier alpha value is -1.89. The summed E-state index contributed by atoms with van der Waals surface area (Å²) in [5.74, 6) is 1.56. The van der Waals surface area contributed by atoms with Crippen molar-refractivity contribution >= 4 is 11.9 Å². The van der Waals surface area contributed by atoms with Crippen molar-refractivity contribution in [3.8, 4) is 5.88 Å². The van der Waals surface area contributed by atoms with Crippen LogP contribution in [0.4, 0.5) is 5.95 Å². The lowest BCUT2D eigenvalue weighted by Gasteiger charge is -2.35. The van der Waals surface area contributed by atoms with E-state index in [9.17, 15) is 4.79 Å².